The highest BCUT2D eigenvalue weighted by Crippen LogP contribution is 2.34. The maximum atomic E-state index is 6.11. The van der Waals surface area contributed by atoms with Gasteiger partial charge in [0.25, 0.3) is 0 Å². The van der Waals surface area contributed by atoms with Crippen LogP contribution in [0.5, 0.6) is 0 Å². The van der Waals surface area contributed by atoms with Gasteiger partial charge < -0.3 is 5.73 Å². The van der Waals surface area contributed by atoms with Crippen molar-refractivity contribution in [3.05, 3.63) is 54.7 Å². The van der Waals surface area contributed by atoms with Crippen molar-refractivity contribution in [2.75, 3.05) is 13.1 Å². The number of allylic oxidation sites excluding steroid dienone is 5. The zero-order valence-electron chi connectivity index (χ0n) is 20.7. The first-order valence-electron chi connectivity index (χ1n) is 11.1. The average molecular weight is 481 g/mol. The van der Waals surface area contributed by atoms with E-state index in [1.807, 2.05) is 41.7 Å². The molecule has 1 fully saturated rings. The zero-order valence-corrected chi connectivity index (χ0v) is 21.6. The van der Waals surface area contributed by atoms with Gasteiger partial charge in [-0.3, -0.25) is 14.8 Å². The molecule has 0 aromatic heterocycles. The van der Waals surface area contributed by atoms with Gasteiger partial charge in [0, 0.05) is 11.4 Å². The van der Waals surface area contributed by atoms with Gasteiger partial charge in [0.15, 0.2) is 0 Å². The van der Waals surface area contributed by atoms with Crippen molar-refractivity contribution in [1.82, 2.24) is 4.47 Å². The molecular weight excluding hydrogens is 440 g/mol. The van der Waals surface area contributed by atoms with Crippen LogP contribution in [0.15, 0.2) is 69.5 Å². The second kappa shape index (κ2) is 23.3. The molecule has 184 valence electrons. The summed E-state index contributed by atoms with van der Waals surface area (Å²) in [5.41, 5.74) is 8.37. The molecule has 0 radical (unpaired) electrons. The normalized spacial score (nSPS) is 13.0. The van der Waals surface area contributed by atoms with E-state index in [4.69, 9.17) is 10.6 Å². The van der Waals surface area contributed by atoms with Gasteiger partial charge in [-0.25, -0.2) is 0 Å². The third-order valence-electron chi connectivity index (χ3n) is 4.56. The summed E-state index contributed by atoms with van der Waals surface area (Å²) in [6.07, 6.45) is 29.8. The van der Waals surface area contributed by atoms with Crippen molar-refractivity contribution < 1.29 is 4.84 Å². The average Bonchev–Trinajstić information content (AvgIpc) is 3.41. The van der Waals surface area contributed by atoms with Gasteiger partial charge >= 0.3 is 0 Å². The molecule has 1 aromatic rings. The van der Waals surface area contributed by atoms with Gasteiger partial charge in [-0.15, -0.1) is 30.2 Å². The van der Waals surface area contributed by atoms with Crippen molar-refractivity contribution in [2.24, 2.45) is 15.7 Å². The Morgan fingerprint density at radius 3 is 2.29 bits per heavy atom. The summed E-state index contributed by atoms with van der Waals surface area (Å²) >= 11 is 1.57. The van der Waals surface area contributed by atoms with E-state index in [-0.39, 0.29) is 0 Å². The first-order chi connectivity index (χ1) is 16.6. The number of terminal acetylenes is 2. The number of nitrogens with two attached hydrogens (primary N) is 1. The molecule has 34 heavy (non-hydrogen) atoms. The lowest BCUT2D eigenvalue weighted by molar-refractivity contribution is -0.122. The fraction of sp³-hybridized carbons (Fsp3) is 0.357. The molecule has 0 spiro atoms. The van der Waals surface area contributed by atoms with Gasteiger partial charge in [0.05, 0.1) is 17.5 Å². The number of nitrogens with zero attached hydrogens (tertiary/aromatic N) is 3. The van der Waals surface area contributed by atoms with Gasteiger partial charge in [-0.2, -0.15) is 0 Å². The largest absolute Gasteiger partial charge is 0.330 e. The van der Waals surface area contributed by atoms with Crippen LogP contribution >= 0.6 is 11.9 Å². The summed E-state index contributed by atoms with van der Waals surface area (Å²) in [4.78, 5) is 15.1. The molecule has 0 bridgehead atoms. The van der Waals surface area contributed by atoms with Crippen LogP contribution in [0.2, 0.25) is 0 Å². The van der Waals surface area contributed by atoms with Crippen molar-refractivity contribution in [2.45, 2.75) is 57.0 Å². The van der Waals surface area contributed by atoms with Crippen LogP contribution in [-0.2, 0) is 4.84 Å². The van der Waals surface area contributed by atoms with E-state index in [0.717, 1.165) is 42.1 Å². The quantitative estimate of drug-likeness (QED) is 0.121. The van der Waals surface area contributed by atoms with Crippen molar-refractivity contribution in [3.63, 3.8) is 0 Å². The van der Waals surface area contributed by atoms with Gasteiger partial charge in [0.1, 0.15) is 0 Å². The van der Waals surface area contributed by atoms with Gasteiger partial charge in [-0.1, -0.05) is 49.3 Å². The summed E-state index contributed by atoms with van der Waals surface area (Å²) < 4.78 is 1.95. The molecule has 1 aliphatic rings. The molecule has 0 aliphatic heterocycles. The molecule has 0 unspecified atom stereocenters. The van der Waals surface area contributed by atoms with E-state index in [9.17, 15) is 0 Å². The third-order valence-corrected chi connectivity index (χ3v) is 5.50. The maximum Gasteiger partial charge on any atom is 0.0890 e. The van der Waals surface area contributed by atoms with E-state index in [1.165, 1.54) is 18.4 Å². The molecule has 5 nitrogen and oxygen atoms in total. The maximum absolute atomic E-state index is 6.11. The van der Waals surface area contributed by atoms with Crippen molar-refractivity contribution >= 4 is 36.8 Å². The van der Waals surface area contributed by atoms with Crippen LogP contribution in [-0.4, -0.2) is 37.1 Å². The van der Waals surface area contributed by atoms with Crippen LogP contribution in [0, 0.1) is 25.7 Å². The summed E-state index contributed by atoms with van der Waals surface area (Å²) in [6.45, 7) is 16.2. The number of rotatable bonds is 11. The minimum absolute atomic E-state index is 0.330. The predicted molar refractivity (Wildman–Crippen MR) is 153 cm³/mol. The monoisotopic (exact) mass is 480 g/mol. The lowest BCUT2D eigenvalue weighted by Gasteiger charge is -2.24. The molecule has 1 aliphatic carbocycles. The lowest BCUT2D eigenvalue weighted by Crippen LogP contribution is -2.25. The standard InChI is InChI=1S/C16H24N4OS.C8H12.2C2H2/c1-18-15-9-8-14(12-16(15)19-2)22-20(11-5-10-17)21-13-6-3-4-7-13;1-4-6-7-8(3)5-2;2*1-2/h8-9,12-13H,1-7,10-11,17H2;4-7H,1H2,2-3H3;2*1-2H/b;7-6-,8-5-;;. The zero-order chi connectivity index (χ0) is 26.2. The molecule has 0 atom stereocenters. The highest BCUT2D eigenvalue weighted by Gasteiger charge is 2.20. The summed E-state index contributed by atoms with van der Waals surface area (Å²) in [7, 11) is 0. The third kappa shape index (κ3) is 15.1. The molecular formula is C28H40N4OS. The first kappa shape index (κ1) is 33.3. The minimum atomic E-state index is 0.330. The first-order valence-corrected chi connectivity index (χ1v) is 11.8. The molecule has 1 saturated carbocycles. The molecule has 2 N–H and O–H groups in total. The minimum Gasteiger partial charge on any atom is -0.330 e. The topological polar surface area (TPSA) is 63.2 Å². The van der Waals surface area contributed by atoms with Crippen molar-refractivity contribution in [1.29, 1.82) is 0 Å². The molecule has 0 heterocycles. The number of benzene rings is 1. The Morgan fingerprint density at radius 2 is 1.79 bits per heavy atom. The predicted octanol–water partition coefficient (Wildman–Crippen LogP) is 7.08. The number of hydrogen-bond donors (Lipinski definition) is 1. The highest BCUT2D eigenvalue weighted by molar-refractivity contribution is 7.96. The summed E-state index contributed by atoms with van der Waals surface area (Å²) in [5.74, 6) is 0. The smallest absolute Gasteiger partial charge is 0.0890 e. The highest BCUT2D eigenvalue weighted by atomic mass is 32.2. The molecule has 2 rings (SSSR count). The van der Waals surface area contributed by atoms with E-state index < -0.39 is 0 Å². The molecule has 0 saturated heterocycles. The van der Waals surface area contributed by atoms with Crippen LogP contribution < -0.4 is 5.73 Å². The Balaban J connectivity index is 0. The SMILES string of the molecule is C#C.C#C.C=C/C=C\C(C)=C/C.C=Nc1ccc(SN(CCCN)OC2CCCC2)cc1N=C. The fourth-order valence-corrected chi connectivity index (χ4v) is 3.67. The van der Waals surface area contributed by atoms with E-state index >= 15 is 0 Å². The summed E-state index contributed by atoms with van der Waals surface area (Å²) in [5, 5.41) is 0. The van der Waals surface area contributed by atoms with E-state index in [2.05, 4.69) is 68.7 Å². The molecule has 0 amide bonds. The second-order valence-electron chi connectivity index (χ2n) is 6.90. The van der Waals surface area contributed by atoms with Crippen LogP contribution in [0.4, 0.5) is 11.4 Å². The molecule has 1 aromatic carbocycles. The number of hydrogen-bond acceptors (Lipinski definition) is 6. The van der Waals surface area contributed by atoms with Crippen LogP contribution in [0.3, 0.4) is 0 Å². The Morgan fingerprint density at radius 1 is 1.18 bits per heavy atom. The molecule has 6 heteroatoms. The Hall–Kier alpha value is -2.87. The van der Waals surface area contributed by atoms with Crippen molar-refractivity contribution in [3.8, 4) is 25.7 Å². The van der Waals surface area contributed by atoms with Gasteiger partial charge in [-0.05, 0) is 83.2 Å². The van der Waals surface area contributed by atoms with E-state index in [0.29, 0.717) is 12.6 Å². The lowest BCUT2D eigenvalue weighted by atomic mass is 10.3. The van der Waals surface area contributed by atoms with Crippen LogP contribution in [0.1, 0.15) is 46.0 Å². The van der Waals surface area contributed by atoms with Crippen LogP contribution in [0.25, 0.3) is 0 Å². The Kier molecular flexibility index (Phi) is 22.8. The van der Waals surface area contributed by atoms with E-state index in [1.54, 1.807) is 18.0 Å². The number of aliphatic imine (C=N–C) groups is 2. The Bertz CT molecular complexity index is 799. The summed E-state index contributed by atoms with van der Waals surface area (Å²) in [6, 6.07) is 5.85. The van der Waals surface area contributed by atoms with Gasteiger partial charge in [0.2, 0.25) is 0 Å². The number of hydroxylamine groups is 1. The second-order valence-corrected chi connectivity index (χ2v) is 7.96. The Labute approximate surface area is 212 Å². The fourth-order valence-electron chi connectivity index (χ4n) is 2.75.